The van der Waals surface area contributed by atoms with E-state index in [9.17, 15) is 14.4 Å². The standard InChI is InChI=1S/C22H41NO6/c1-7-9-12-28-19(25)17(8-2)15-22(5,20(26)29-14-11-23)16-21(3,4)18(24)10-13-27-6/h17H,7-16,23H2,1-6H3. The maximum atomic E-state index is 12.9. The molecule has 2 atom stereocenters. The second-order valence-electron chi connectivity index (χ2n) is 8.54. The molecule has 7 nitrogen and oxygen atoms in total. The van der Waals surface area contributed by atoms with Crippen LogP contribution < -0.4 is 5.73 Å². The second-order valence-corrected chi connectivity index (χ2v) is 8.54. The fraction of sp³-hybridized carbons (Fsp3) is 0.864. The Labute approximate surface area is 176 Å². The number of hydrogen-bond donors (Lipinski definition) is 1. The largest absolute Gasteiger partial charge is 0.465 e. The van der Waals surface area contributed by atoms with Crippen LogP contribution in [-0.4, -0.2) is 51.2 Å². The van der Waals surface area contributed by atoms with Crippen molar-refractivity contribution in [3.8, 4) is 0 Å². The van der Waals surface area contributed by atoms with Gasteiger partial charge in [-0.1, -0.05) is 34.1 Å². The third-order valence-corrected chi connectivity index (χ3v) is 5.23. The summed E-state index contributed by atoms with van der Waals surface area (Å²) in [5.41, 5.74) is 3.70. The molecule has 0 amide bonds. The molecule has 29 heavy (non-hydrogen) atoms. The minimum atomic E-state index is -1.01. The molecule has 0 fully saturated rings. The summed E-state index contributed by atoms with van der Waals surface area (Å²) < 4.78 is 15.7. The molecule has 0 saturated heterocycles. The summed E-state index contributed by atoms with van der Waals surface area (Å²) in [6.07, 6.45) is 3.09. The number of nitrogens with two attached hydrogens (primary N) is 1. The fourth-order valence-corrected chi connectivity index (χ4v) is 3.53. The van der Waals surface area contributed by atoms with Gasteiger partial charge in [0, 0.05) is 25.5 Å². The van der Waals surface area contributed by atoms with E-state index in [4.69, 9.17) is 19.9 Å². The topological polar surface area (TPSA) is 105 Å². The Kier molecular flexibility index (Phi) is 13.0. The smallest absolute Gasteiger partial charge is 0.311 e. The number of hydrogen-bond acceptors (Lipinski definition) is 7. The number of rotatable bonds is 16. The monoisotopic (exact) mass is 415 g/mol. The number of ether oxygens (including phenoxy) is 3. The summed E-state index contributed by atoms with van der Waals surface area (Å²) in [6.45, 7) is 10.3. The summed E-state index contributed by atoms with van der Waals surface area (Å²) in [5, 5.41) is 0. The molecule has 7 heteroatoms. The molecule has 0 spiro atoms. The van der Waals surface area contributed by atoms with Crippen LogP contribution in [0.5, 0.6) is 0 Å². The van der Waals surface area contributed by atoms with Crippen molar-refractivity contribution >= 4 is 17.7 Å². The number of ketones is 1. The highest BCUT2D eigenvalue weighted by Gasteiger charge is 2.45. The Hall–Kier alpha value is -1.47. The summed E-state index contributed by atoms with van der Waals surface area (Å²) in [4.78, 5) is 38.1. The highest BCUT2D eigenvalue weighted by molar-refractivity contribution is 5.86. The van der Waals surface area contributed by atoms with Crippen LogP contribution in [0, 0.1) is 16.7 Å². The Bertz CT molecular complexity index is 519. The first-order valence-corrected chi connectivity index (χ1v) is 10.6. The van der Waals surface area contributed by atoms with Gasteiger partial charge >= 0.3 is 11.9 Å². The van der Waals surface area contributed by atoms with Crippen LogP contribution in [0.1, 0.15) is 73.1 Å². The number of carbonyl (C=O) groups is 3. The number of carbonyl (C=O) groups excluding carboxylic acids is 3. The normalized spacial score (nSPS) is 14.7. The molecule has 0 rings (SSSR count). The van der Waals surface area contributed by atoms with Gasteiger partial charge in [-0.2, -0.15) is 0 Å². The summed E-state index contributed by atoms with van der Waals surface area (Å²) >= 11 is 0. The third kappa shape index (κ3) is 9.72. The van der Waals surface area contributed by atoms with Gasteiger partial charge in [0.05, 0.1) is 24.5 Å². The van der Waals surface area contributed by atoms with Gasteiger partial charge in [0.15, 0.2) is 0 Å². The van der Waals surface area contributed by atoms with E-state index in [0.717, 1.165) is 12.8 Å². The molecule has 0 aliphatic heterocycles. The minimum Gasteiger partial charge on any atom is -0.465 e. The van der Waals surface area contributed by atoms with Crippen molar-refractivity contribution in [2.45, 2.75) is 73.1 Å². The lowest BCUT2D eigenvalue weighted by molar-refractivity contribution is -0.161. The zero-order chi connectivity index (χ0) is 22.5. The number of Topliss-reactive ketones (excluding diaryl/α,β-unsaturated/α-hetero) is 1. The van der Waals surface area contributed by atoms with Crippen molar-refractivity contribution in [1.82, 2.24) is 0 Å². The molecule has 0 aliphatic carbocycles. The lowest BCUT2D eigenvalue weighted by Crippen LogP contribution is -2.41. The Morgan fingerprint density at radius 2 is 1.66 bits per heavy atom. The number of methoxy groups -OCH3 is 1. The van der Waals surface area contributed by atoms with E-state index in [1.807, 2.05) is 27.7 Å². The van der Waals surface area contributed by atoms with Gasteiger partial charge < -0.3 is 19.9 Å². The molecule has 0 saturated carbocycles. The van der Waals surface area contributed by atoms with Crippen molar-refractivity contribution in [2.75, 3.05) is 33.5 Å². The zero-order valence-electron chi connectivity index (χ0n) is 19.2. The van der Waals surface area contributed by atoms with Gasteiger partial charge in [-0.25, -0.2) is 0 Å². The highest BCUT2D eigenvalue weighted by atomic mass is 16.5. The van der Waals surface area contributed by atoms with E-state index in [-0.39, 0.29) is 44.2 Å². The molecule has 0 radical (unpaired) electrons. The van der Waals surface area contributed by atoms with E-state index in [2.05, 4.69) is 0 Å². The van der Waals surface area contributed by atoms with Gasteiger partial charge in [-0.05, 0) is 32.6 Å². The van der Waals surface area contributed by atoms with Crippen LogP contribution >= 0.6 is 0 Å². The molecule has 0 aromatic carbocycles. The number of unbranched alkanes of at least 4 members (excludes halogenated alkanes) is 1. The zero-order valence-corrected chi connectivity index (χ0v) is 19.2. The predicted octanol–water partition coefficient (Wildman–Crippen LogP) is 3.28. The van der Waals surface area contributed by atoms with Crippen molar-refractivity contribution in [1.29, 1.82) is 0 Å². The van der Waals surface area contributed by atoms with E-state index >= 15 is 0 Å². The van der Waals surface area contributed by atoms with Crippen molar-refractivity contribution in [3.63, 3.8) is 0 Å². The van der Waals surface area contributed by atoms with Crippen LogP contribution in [-0.2, 0) is 28.6 Å². The molecule has 0 aliphatic rings. The van der Waals surface area contributed by atoms with Crippen LogP contribution in [0.3, 0.4) is 0 Å². The highest BCUT2D eigenvalue weighted by Crippen LogP contribution is 2.41. The van der Waals surface area contributed by atoms with E-state index < -0.39 is 22.7 Å². The molecule has 170 valence electrons. The van der Waals surface area contributed by atoms with Gasteiger partial charge in [0.25, 0.3) is 0 Å². The lowest BCUT2D eigenvalue weighted by atomic mass is 9.67. The van der Waals surface area contributed by atoms with Gasteiger partial charge in [-0.15, -0.1) is 0 Å². The third-order valence-electron chi connectivity index (χ3n) is 5.23. The number of esters is 2. The van der Waals surface area contributed by atoms with Crippen LogP contribution in [0.4, 0.5) is 0 Å². The van der Waals surface area contributed by atoms with Crippen molar-refractivity contribution in [2.24, 2.45) is 22.5 Å². The molecule has 0 aromatic heterocycles. The first kappa shape index (κ1) is 27.5. The molecule has 2 N–H and O–H groups in total. The average Bonchev–Trinajstić information content (AvgIpc) is 2.67. The SMILES string of the molecule is CCCCOC(=O)C(CC)CC(C)(CC(C)(C)C(=O)CCOC)C(=O)OCCN. The first-order chi connectivity index (χ1) is 13.6. The molecule has 0 aromatic rings. The van der Waals surface area contributed by atoms with Crippen molar-refractivity contribution in [3.05, 3.63) is 0 Å². The molecular formula is C22H41NO6. The Morgan fingerprint density at radius 1 is 1.00 bits per heavy atom. The molecule has 0 heterocycles. The van der Waals surface area contributed by atoms with Crippen molar-refractivity contribution < 1.29 is 28.6 Å². The Morgan fingerprint density at radius 3 is 2.17 bits per heavy atom. The van der Waals surface area contributed by atoms with Crippen LogP contribution in [0.15, 0.2) is 0 Å². The second kappa shape index (κ2) is 13.7. The summed E-state index contributed by atoms with van der Waals surface area (Å²) in [5.74, 6) is -1.17. The van der Waals surface area contributed by atoms with Gasteiger partial charge in [-0.3, -0.25) is 14.4 Å². The van der Waals surface area contributed by atoms with Gasteiger partial charge in [0.2, 0.25) is 0 Å². The maximum absolute atomic E-state index is 12.9. The first-order valence-electron chi connectivity index (χ1n) is 10.6. The lowest BCUT2D eigenvalue weighted by Gasteiger charge is -2.36. The molecular weight excluding hydrogens is 374 g/mol. The molecule has 2 unspecified atom stereocenters. The summed E-state index contributed by atoms with van der Waals surface area (Å²) in [6, 6.07) is 0. The van der Waals surface area contributed by atoms with Crippen LogP contribution in [0.2, 0.25) is 0 Å². The molecule has 0 bridgehead atoms. The average molecular weight is 416 g/mol. The van der Waals surface area contributed by atoms with E-state index in [0.29, 0.717) is 19.6 Å². The quantitative estimate of drug-likeness (QED) is 0.305. The maximum Gasteiger partial charge on any atom is 0.311 e. The summed E-state index contributed by atoms with van der Waals surface area (Å²) in [7, 11) is 1.55. The van der Waals surface area contributed by atoms with E-state index in [1.165, 1.54) is 0 Å². The van der Waals surface area contributed by atoms with Crippen LogP contribution in [0.25, 0.3) is 0 Å². The fourth-order valence-electron chi connectivity index (χ4n) is 3.53. The predicted molar refractivity (Wildman–Crippen MR) is 112 cm³/mol. The van der Waals surface area contributed by atoms with Gasteiger partial charge in [0.1, 0.15) is 12.4 Å². The Balaban J connectivity index is 5.50. The minimum absolute atomic E-state index is 0.00997. The van der Waals surface area contributed by atoms with E-state index in [1.54, 1.807) is 14.0 Å².